The van der Waals surface area contributed by atoms with E-state index in [9.17, 15) is 14.9 Å². The zero-order chi connectivity index (χ0) is 22.9. The van der Waals surface area contributed by atoms with Crippen LogP contribution in [0.25, 0.3) is 0 Å². The van der Waals surface area contributed by atoms with Crippen LogP contribution in [0.2, 0.25) is 0 Å². The molecule has 0 aromatic heterocycles. The minimum atomic E-state index is -0.863. The number of ether oxygens (including phenoxy) is 1. The zero-order valence-corrected chi connectivity index (χ0v) is 19.8. The molecular formula is C23H41N5O3. The van der Waals surface area contributed by atoms with Crippen LogP contribution < -0.4 is 10.6 Å². The predicted molar refractivity (Wildman–Crippen MR) is 120 cm³/mol. The number of nitrogens with one attached hydrogen (secondary N) is 2. The summed E-state index contributed by atoms with van der Waals surface area (Å²) in [4.78, 5) is 30.0. The van der Waals surface area contributed by atoms with Gasteiger partial charge in [0.1, 0.15) is 11.6 Å². The molecule has 1 unspecified atom stereocenters. The molecule has 3 amide bonds. The van der Waals surface area contributed by atoms with Crippen molar-refractivity contribution in [1.29, 1.82) is 5.26 Å². The van der Waals surface area contributed by atoms with E-state index in [-0.39, 0.29) is 17.4 Å². The van der Waals surface area contributed by atoms with Crippen LogP contribution >= 0.6 is 0 Å². The van der Waals surface area contributed by atoms with Crippen LogP contribution in [-0.2, 0) is 9.53 Å². The maximum Gasteiger partial charge on any atom is 0.318 e. The quantitative estimate of drug-likeness (QED) is 0.571. The first-order valence-electron chi connectivity index (χ1n) is 11.8. The highest BCUT2D eigenvalue weighted by atomic mass is 16.5. The highest BCUT2D eigenvalue weighted by Gasteiger charge is 2.39. The summed E-state index contributed by atoms with van der Waals surface area (Å²) in [6.45, 7) is 13.0. The average molecular weight is 436 g/mol. The normalized spacial score (nSPS) is 20.5. The van der Waals surface area contributed by atoms with Crippen molar-refractivity contribution in [2.24, 2.45) is 5.41 Å². The predicted octanol–water partition coefficient (Wildman–Crippen LogP) is 2.50. The van der Waals surface area contributed by atoms with Crippen LogP contribution in [0, 0.1) is 16.7 Å². The Bertz CT molecular complexity index is 626. The molecule has 8 heteroatoms. The summed E-state index contributed by atoms with van der Waals surface area (Å²) in [6, 6.07) is 1.45. The van der Waals surface area contributed by atoms with Crippen molar-refractivity contribution in [2.75, 3.05) is 45.9 Å². The second-order valence-electron chi connectivity index (χ2n) is 10.1. The lowest BCUT2D eigenvalue weighted by Crippen LogP contribution is -2.60. The number of piperidine rings is 1. The molecule has 0 aromatic rings. The first-order chi connectivity index (χ1) is 14.7. The Kier molecular flexibility index (Phi) is 9.57. The van der Waals surface area contributed by atoms with E-state index in [1.165, 1.54) is 19.3 Å². The maximum absolute atomic E-state index is 13.2. The molecule has 2 fully saturated rings. The van der Waals surface area contributed by atoms with Gasteiger partial charge in [0.2, 0.25) is 5.91 Å². The van der Waals surface area contributed by atoms with E-state index < -0.39 is 11.6 Å². The molecule has 0 aliphatic carbocycles. The zero-order valence-electron chi connectivity index (χ0n) is 19.8. The van der Waals surface area contributed by atoms with Crippen molar-refractivity contribution >= 4 is 11.9 Å². The molecule has 2 heterocycles. The number of nitriles is 1. The average Bonchev–Trinajstić information content (AvgIpc) is 2.74. The molecule has 2 aliphatic rings. The van der Waals surface area contributed by atoms with Crippen LogP contribution in [0.1, 0.15) is 66.2 Å². The number of amides is 3. The van der Waals surface area contributed by atoms with Crippen molar-refractivity contribution < 1.29 is 14.3 Å². The third kappa shape index (κ3) is 8.30. The van der Waals surface area contributed by atoms with Gasteiger partial charge in [-0.05, 0) is 37.6 Å². The molecule has 2 N–H and O–H groups in total. The molecule has 2 rings (SSSR count). The van der Waals surface area contributed by atoms with Crippen LogP contribution in [-0.4, -0.2) is 79.3 Å². The largest absolute Gasteiger partial charge is 0.378 e. The number of urea groups is 1. The molecule has 0 radical (unpaired) electrons. The summed E-state index contributed by atoms with van der Waals surface area (Å²) in [5.74, 6) is -0.266. The van der Waals surface area contributed by atoms with E-state index in [4.69, 9.17) is 4.74 Å². The van der Waals surface area contributed by atoms with E-state index in [0.29, 0.717) is 45.6 Å². The third-order valence-electron chi connectivity index (χ3n) is 6.09. The van der Waals surface area contributed by atoms with E-state index >= 15 is 0 Å². The first-order valence-corrected chi connectivity index (χ1v) is 11.8. The van der Waals surface area contributed by atoms with Crippen molar-refractivity contribution in [3.63, 3.8) is 0 Å². The number of unbranched alkanes of at least 4 members (excludes halogenated alkanes) is 2. The molecule has 2 aliphatic heterocycles. The number of hydrogen-bond acceptors (Lipinski definition) is 5. The molecule has 0 aromatic carbocycles. The van der Waals surface area contributed by atoms with Crippen molar-refractivity contribution in [1.82, 2.24) is 20.4 Å². The van der Waals surface area contributed by atoms with Gasteiger partial charge in [0.15, 0.2) is 0 Å². The summed E-state index contributed by atoms with van der Waals surface area (Å²) in [6.07, 6.45) is 5.30. The SMILES string of the molecule is CCCCCN1CCC(C#N)(NC(=O)C(CC(C)(C)C)NC(=O)N2CCOCC2)CC1. The minimum Gasteiger partial charge on any atom is -0.378 e. The van der Waals surface area contributed by atoms with E-state index in [1.54, 1.807) is 4.90 Å². The summed E-state index contributed by atoms with van der Waals surface area (Å²) in [5.41, 5.74) is -1.01. The monoisotopic (exact) mass is 435 g/mol. The fourth-order valence-electron chi connectivity index (χ4n) is 4.16. The molecule has 0 bridgehead atoms. The van der Waals surface area contributed by atoms with Gasteiger partial charge in [-0.2, -0.15) is 5.26 Å². The second kappa shape index (κ2) is 11.7. The Balaban J connectivity index is 1.99. The highest BCUT2D eigenvalue weighted by Crippen LogP contribution is 2.25. The maximum atomic E-state index is 13.2. The van der Waals surface area contributed by atoms with Crippen LogP contribution in [0.4, 0.5) is 4.79 Å². The number of rotatable bonds is 8. The van der Waals surface area contributed by atoms with Crippen molar-refractivity contribution in [3.8, 4) is 6.07 Å². The van der Waals surface area contributed by atoms with E-state index in [0.717, 1.165) is 19.6 Å². The summed E-state index contributed by atoms with van der Waals surface area (Å²) < 4.78 is 5.31. The number of carbonyl (C=O) groups is 2. The van der Waals surface area contributed by atoms with Gasteiger partial charge in [0, 0.05) is 26.2 Å². The van der Waals surface area contributed by atoms with Gasteiger partial charge in [0.25, 0.3) is 0 Å². The number of carbonyl (C=O) groups excluding carboxylic acids is 2. The van der Waals surface area contributed by atoms with Crippen LogP contribution in [0.15, 0.2) is 0 Å². The molecular weight excluding hydrogens is 394 g/mol. The highest BCUT2D eigenvalue weighted by molar-refractivity contribution is 5.88. The smallest absolute Gasteiger partial charge is 0.318 e. The van der Waals surface area contributed by atoms with E-state index in [2.05, 4.69) is 28.5 Å². The standard InChI is InChI=1S/C23H41N5O3/c1-5-6-7-10-27-11-8-23(18-24,9-12-27)26-20(29)19(17-22(2,3)4)25-21(30)28-13-15-31-16-14-28/h19H,5-17H2,1-4H3,(H,25,30)(H,26,29). The Hall–Kier alpha value is -1.85. The Labute approximate surface area is 187 Å². The lowest BCUT2D eigenvalue weighted by molar-refractivity contribution is -0.125. The lowest BCUT2D eigenvalue weighted by Gasteiger charge is -2.39. The molecule has 31 heavy (non-hydrogen) atoms. The Morgan fingerprint density at radius 2 is 1.77 bits per heavy atom. The number of nitrogens with zero attached hydrogens (tertiary/aromatic N) is 3. The van der Waals surface area contributed by atoms with Gasteiger partial charge in [-0.25, -0.2) is 4.79 Å². The number of hydrogen-bond donors (Lipinski definition) is 2. The van der Waals surface area contributed by atoms with Gasteiger partial charge in [0.05, 0.1) is 19.3 Å². The second-order valence-corrected chi connectivity index (χ2v) is 10.1. The van der Waals surface area contributed by atoms with Gasteiger partial charge in [-0.3, -0.25) is 4.79 Å². The molecule has 0 spiro atoms. The topological polar surface area (TPSA) is 97.7 Å². The summed E-state index contributed by atoms with van der Waals surface area (Å²) in [5, 5.41) is 15.8. The fraction of sp³-hybridized carbons (Fsp3) is 0.870. The van der Waals surface area contributed by atoms with Crippen LogP contribution in [0.5, 0.6) is 0 Å². The summed E-state index contributed by atoms with van der Waals surface area (Å²) in [7, 11) is 0. The molecule has 8 nitrogen and oxygen atoms in total. The Morgan fingerprint density at radius 3 is 2.32 bits per heavy atom. The third-order valence-corrected chi connectivity index (χ3v) is 6.09. The van der Waals surface area contributed by atoms with Gasteiger partial charge in [-0.15, -0.1) is 0 Å². The molecule has 2 saturated heterocycles. The van der Waals surface area contributed by atoms with Crippen LogP contribution in [0.3, 0.4) is 0 Å². The molecule has 1 atom stereocenters. The summed E-state index contributed by atoms with van der Waals surface area (Å²) >= 11 is 0. The molecule has 0 saturated carbocycles. The molecule has 176 valence electrons. The Morgan fingerprint density at radius 1 is 1.13 bits per heavy atom. The van der Waals surface area contributed by atoms with Crippen molar-refractivity contribution in [3.05, 3.63) is 0 Å². The number of morpholine rings is 1. The van der Waals surface area contributed by atoms with Crippen molar-refractivity contribution in [2.45, 2.75) is 77.8 Å². The van der Waals surface area contributed by atoms with Gasteiger partial charge in [-0.1, -0.05) is 40.5 Å². The minimum absolute atomic E-state index is 0.150. The lowest BCUT2D eigenvalue weighted by atomic mass is 9.85. The fourth-order valence-corrected chi connectivity index (χ4v) is 4.16. The first kappa shape index (κ1) is 25.4. The van der Waals surface area contributed by atoms with Gasteiger partial charge < -0.3 is 25.2 Å². The van der Waals surface area contributed by atoms with Gasteiger partial charge >= 0.3 is 6.03 Å². The number of likely N-dealkylation sites (tertiary alicyclic amines) is 1. The van der Waals surface area contributed by atoms with E-state index in [1.807, 2.05) is 20.8 Å².